The lowest BCUT2D eigenvalue weighted by molar-refractivity contribution is -0.131. The minimum absolute atomic E-state index is 0.0754. The predicted molar refractivity (Wildman–Crippen MR) is 80.8 cm³/mol. The first-order valence-corrected chi connectivity index (χ1v) is 7.43. The maximum Gasteiger partial charge on any atom is 0.244 e. The van der Waals surface area contributed by atoms with Crippen molar-refractivity contribution in [3.05, 3.63) is 11.4 Å². The highest BCUT2D eigenvalue weighted by Crippen LogP contribution is 2.15. The van der Waals surface area contributed by atoms with Crippen LogP contribution in [0.15, 0.2) is 0 Å². The molecule has 1 aliphatic rings. The number of β-amino-alcohol motifs (C(OH)–C–C–N with tert-alkyl or cyclic N) is 1. The average Bonchev–Trinajstić information content (AvgIpc) is 2.65. The van der Waals surface area contributed by atoms with E-state index in [1.807, 2.05) is 18.7 Å². The Kier molecular flexibility index (Phi) is 5.19. The van der Waals surface area contributed by atoms with Crippen LogP contribution in [0.3, 0.4) is 0 Å². The molecule has 0 spiro atoms. The fourth-order valence-electron chi connectivity index (χ4n) is 2.68. The molecular weight excluding hydrogens is 270 g/mol. The largest absolute Gasteiger partial charge is 0.396 e. The van der Waals surface area contributed by atoms with Crippen molar-refractivity contribution in [3.8, 4) is 0 Å². The summed E-state index contributed by atoms with van der Waals surface area (Å²) in [6, 6.07) is 0. The highest BCUT2D eigenvalue weighted by molar-refractivity contribution is 5.76. The van der Waals surface area contributed by atoms with Gasteiger partial charge >= 0.3 is 0 Å². The smallest absolute Gasteiger partial charge is 0.244 e. The zero-order valence-electron chi connectivity index (χ0n) is 12.9. The van der Waals surface area contributed by atoms with Crippen molar-refractivity contribution in [1.82, 2.24) is 19.6 Å². The summed E-state index contributed by atoms with van der Waals surface area (Å²) >= 11 is 0. The number of nitrogen functional groups attached to an aromatic ring is 1. The Bertz CT molecular complexity index is 500. The number of amides is 1. The summed E-state index contributed by atoms with van der Waals surface area (Å²) in [5.74, 6) is 0.0754. The number of rotatable bonds is 4. The molecule has 2 rings (SSSR count). The molecule has 1 fully saturated rings. The van der Waals surface area contributed by atoms with Gasteiger partial charge in [-0.15, -0.1) is 0 Å². The zero-order chi connectivity index (χ0) is 15.4. The van der Waals surface area contributed by atoms with Gasteiger partial charge in [0, 0.05) is 26.2 Å². The van der Waals surface area contributed by atoms with Gasteiger partial charge in [-0.1, -0.05) is 0 Å². The summed E-state index contributed by atoms with van der Waals surface area (Å²) in [7, 11) is 0. The Morgan fingerprint density at radius 1 is 1.29 bits per heavy atom. The molecule has 7 nitrogen and oxygen atoms in total. The molecule has 7 heteroatoms. The van der Waals surface area contributed by atoms with Crippen LogP contribution in [0.5, 0.6) is 0 Å². The van der Waals surface area contributed by atoms with E-state index in [0.29, 0.717) is 18.8 Å². The van der Waals surface area contributed by atoms with Gasteiger partial charge in [-0.05, 0) is 26.8 Å². The third-order valence-corrected chi connectivity index (χ3v) is 4.08. The van der Waals surface area contributed by atoms with Gasteiger partial charge in [0.1, 0.15) is 6.54 Å². The van der Waals surface area contributed by atoms with Gasteiger partial charge < -0.3 is 15.7 Å². The Balaban J connectivity index is 1.95. The standard InChI is InChI=1S/C14H25N5O2/c1-11-14(15)12(2)19(16-11)10-13(21)18-5-3-4-17(6-7-18)8-9-20/h20H,3-10,15H2,1-2H3. The zero-order valence-corrected chi connectivity index (χ0v) is 12.9. The van der Waals surface area contributed by atoms with Gasteiger partial charge in [0.25, 0.3) is 0 Å². The number of nitrogens with zero attached hydrogens (tertiary/aromatic N) is 4. The van der Waals surface area contributed by atoms with Crippen molar-refractivity contribution in [2.45, 2.75) is 26.8 Å². The molecule has 0 bridgehead atoms. The summed E-state index contributed by atoms with van der Waals surface area (Å²) in [4.78, 5) is 16.5. The number of aliphatic hydroxyl groups excluding tert-OH is 1. The first-order valence-electron chi connectivity index (χ1n) is 7.43. The van der Waals surface area contributed by atoms with Crippen molar-refractivity contribution in [2.24, 2.45) is 0 Å². The summed E-state index contributed by atoms with van der Waals surface area (Å²) < 4.78 is 1.68. The molecular formula is C14H25N5O2. The van der Waals surface area contributed by atoms with Crippen LogP contribution in [0, 0.1) is 13.8 Å². The van der Waals surface area contributed by atoms with E-state index in [-0.39, 0.29) is 19.1 Å². The molecule has 0 aromatic carbocycles. The van der Waals surface area contributed by atoms with Crippen LogP contribution in [-0.4, -0.2) is 69.9 Å². The van der Waals surface area contributed by atoms with Crippen LogP contribution in [0.1, 0.15) is 17.8 Å². The van der Waals surface area contributed by atoms with E-state index in [4.69, 9.17) is 10.8 Å². The molecule has 3 N–H and O–H groups in total. The fourth-order valence-corrected chi connectivity index (χ4v) is 2.68. The number of aliphatic hydroxyl groups is 1. The molecule has 0 radical (unpaired) electrons. The molecule has 1 saturated heterocycles. The number of aryl methyl sites for hydroxylation is 1. The molecule has 1 amide bonds. The molecule has 1 aromatic heterocycles. The van der Waals surface area contributed by atoms with E-state index < -0.39 is 0 Å². The van der Waals surface area contributed by atoms with Gasteiger partial charge in [-0.2, -0.15) is 5.10 Å². The van der Waals surface area contributed by atoms with E-state index in [2.05, 4.69) is 10.00 Å². The maximum absolute atomic E-state index is 12.4. The highest BCUT2D eigenvalue weighted by Gasteiger charge is 2.20. The highest BCUT2D eigenvalue weighted by atomic mass is 16.3. The quantitative estimate of drug-likeness (QED) is 0.790. The summed E-state index contributed by atoms with van der Waals surface area (Å²) in [5.41, 5.74) is 8.17. The number of hydrogen-bond acceptors (Lipinski definition) is 5. The fraction of sp³-hybridized carbons (Fsp3) is 0.714. The van der Waals surface area contributed by atoms with Crippen LogP contribution in [0.2, 0.25) is 0 Å². The molecule has 0 atom stereocenters. The number of aromatic nitrogens is 2. The van der Waals surface area contributed by atoms with Gasteiger partial charge in [0.2, 0.25) is 5.91 Å². The van der Waals surface area contributed by atoms with Gasteiger partial charge in [0.05, 0.1) is 23.7 Å². The summed E-state index contributed by atoms with van der Waals surface area (Å²) in [6.07, 6.45) is 0.936. The monoisotopic (exact) mass is 295 g/mol. The maximum atomic E-state index is 12.4. The second-order valence-corrected chi connectivity index (χ2v) is 5.54. The molecule has 0 unspecified atom stereocenters. The lowest BCUT2D eigenvalue weighted by Gasteiger charge is -2.21. The molecule has 0 saturated carbocycles. The van der Waals surface area contributed by atoms with Gasteiger partial charge in [-0.25, -0.2) is 0 Å². The Morgan fingerprint density at radius 3 is 2.67 bits per heavy atom. The van der Waals surface area contributed by atoms with Crippen LogP contribution in [0.4, 0.5) is 5.69 Å². The third kappa shape index (κ3) is 3.74. The van der Waals surface area contributed by atoms with E-state index in [1.54, 1.807) is 4.68 Å². The number of hydrogen-bond donors (Lipinski definition) is 2. The molecule has 0 aliphatic carbocycles. The minimum Gasteiger partial charge on any atom is -0.396 e. The summed E-state index contributed by atoms with van der Waals surface area (Å²) in [5, 5.41) is 13.3. The number of carbonyl (C=O) groups is 1. The van der Waals surface area contributed by atoms with Crippen molar-refractivity contribution >= 4 is 11.6 Å². The topological polar surface area (TPSA) is 87.6 Å². The average molecular weight is 295 g/mol. The predicted octanol–water partition coefficient (Wildman–Crippen LogP) is -0.391. The van der Waals surface area contributed by atoms with Gasteiger partial charge in [-0.3, -0.25) is 14.4 Å². The first-order chi connectivity index (χ1) is 10.0. The van der Waals surface area contributed by atoms with Crippen molar-refractivity contribution in [2.75, 3.05) is 45.1 Å². The first kappa shape index (κ1) is 15.8. The van der Waals surface area contributed by atoms with Crippen LogP contribution in [-0.2, 0) is 11.3 Å². The molecule has 21 heavy (non-hydrogen) atoms. The van der Waals surface area contributed by atoms with Crippen molar-refractivity contribution in [3.63, 3.8) is 0 Å². The van der Waals surface area contributed by atoms with Crippen molar-refractivity contribution in [1.29, 1.82) is 0 Å². The minimum atomic E-state index is 0.0754. The second-order valence-electron chi connectivity index (χ2n) is 5.54. The van der Waals surface area contributed by atoms with Crippen LogP contribution in [0.25, 0.3) is 0 Å². The molecule has 1 aliphatic heterocycles. The summed E-state index contributed by atoms with van der Waals surface area (Å²) in [6.45, 7) is 8.01. The third-order valence-electron chi connectivity index (χ3n) is 4.08. The van der Waals surface area contributed by atoms with Crippen LogP contribution >= 0.6 is 0 Å². The van der Waals surface area contributed by atoms with E-state index in [1.165, 1.54) is 0 Å². The Morgan fingerprint density at radius 2 is 2.05 bits per heavy atom. The number of carbonyl (C=O) groups excluding carboxylic acids is 1. The van der Waals surface area contributed by atoms with Crippen LogP contribution < -0.4 is 5.73 Å². The molecule has 1 aromatic rings. The van der Waals surface area contributed by atoms with E-state index in [9.17, 15) is 4.79 Å². The SMILES string of the molecule is Cc1nn(CC(=O)N2CCCN(CCO)CC2)c(C)c1N. The molecule has 118 valence electrons. The van der Waals surface area contributed by atoms with E-state index in [0.717, 1.165) is 37.4 Å². The van der Waals surface area contributed by atoms with E-state index >= 15 is 0 Å². The number of nitrogens with two attached hydrogens (primary N) is 1. The van der Waals surface area contributed by atoms with Gasteiger partial charge in [0.15, 0.2) is 0 Å². The Labute approximate surface area is 125 Å². The number of anilines is 1. The lowest BCUT2D eigenvalue weighted by Crippen LogP contribution is -2.38. The lowest BCUT2D eigenvalue weighted by atomic mass is 10.3. The second kappa shape index (κ2) is 6.91. The molecule has 2 heterocycles. The normalized spacial score (nSPS) is 17.0. The Hall–Kier alpha value is -1.60. The van der Waals surface area contributed by atoms with Crippen molar-refractivity contribution < 1.29 is 9.90 Å².